The molecule has 29 heavy (non-hydrogen) atoms. The van der Waals surface area contributed by atoms with Crippen LogP contribution < -0.4 is 4.72 Å². The van der Waals surface area contributed by atoms with Gasteiger partial charge in [-0.2, -0.15) is 11.8 Å². The van der Waals surface area contributed by atoms with Crippen molar-refractivity contribution in [3.8, 4) is 0 Å². The largest absolute Gasteiger partial charge is 0.339 e. The SMILES string of the molecule is CSc1ccc(S(=O)(=O)NCCSC2CCCC2)cc1C(=O)N1CCC(C)CC1. The highest BCUT2D eigenvalue weighted by Crippen LogP contribution is 2.29. The van der Waals surface area contributed by atoms with Gasteiger partial charge in [-0.25, -0.2) is 13.1 Å². The van der Waals surface area contributed by atoms with Crippen molar-refractivity contribution in [3.63, 3.8) is 0 Å². The number of nitrogens with one attached hydrogen (secondary N) is 1. The highest BCUT2D eigenvalue weighted by atomic mass is 32.2. The number of carbonyl (C=O) groups is 1. The number of sulfonamides is 1. The first-order valence-electron chi connectivity index (χ1n) is 10.5. The van der Waals surface area contributed by atoms with Gasteiger partial charge in [0, 0.05) is 35.5 Å². The van der Waals surface area contributed by atoms with Crippen LogP contribution in [0.5, 0.6) is 0 Å². The molecule has 1 aliphatic heterocycles. The van der Waals surface area contributed by atoms with Crippen LogP contribution in [0.4, 0.5) is 0 Å². The van der Waals surface area contributed by atoms with Crippen molar-refractivity contribution in [1.29, 1.82) is 0 Å². The Balaban J connectivity index is 1.66. The Hall–Kier alpha value is -0.700. The molecule has 0 unspecified atom stereocenters. The fourth-order valence-corrected chi connectivity index (χ4v) is 6.92. The Morgan fingerprint density at radius 3 is 2.52 bits per heavy atom. The van der Waals surface area contributed by atoms with E-state index in [-0.39, 0.29) is 10.8 Å². The highest BCUT2D eigenvalue weighted by Gasteiger charge is 2.25. The van der Waals surface area contributed by atoms with Gasteiger partial charge in [-0.05, 0) is 56.1 Å². The number of likely N-dealkylation sites (tertiary alicyclic amines) is 1. The smallest absolute Gasteiger partial charge is 0.255 e. The van der Waals surface area contributed by atoms with E-state index in [9.17, 15) is 13.2 Å². The highest BCUT2D eigenvalue weighted by molar-refractivity contribution is 8.00. The summed E-state index contributed by atoms with van der Waals surface area (Å²) in [5, 5.41) is 0.678. The predicted octanol–water partition coefficient (Wildman–Crippen LogP) is 4.23. The number of hydrogen-bond donors (Lipinski definition) is 1. The Labute approximate surface area is 183 Å². The molecule has 0 bridgehead atoms. The molecule has 8 heteroatoms. The summed E-state index contributed by atoms with van der Waals surface area (Å²) in [6, 6.07) is 4.91. The second-order valence-electron chi connectivity index (χ2n) is 8.01. The molecule has 1 amide bonds. The number of piperidine rings is 1. The fraction of sp³-hybridized carbons (Fsp3) is 0.667. The number of rotatable bonds is 8. The zero-order chi connectivity index (χ0) is 20.9. The van der Waals surface area contributed by atoms with Crippen molar-refractivity contribution < 1.29 is 13.2 Å². The summed E-state index contributed by atoms with van der Waals surface area (Å²) in [4.78, 5) is 15.9. The van der Waals surface area contributed by atoms with Crippen molar-refractivity contribution in [2.45, 2.75) is 60.5 Å². The second-order valence-corrected chi connectivity index (χ2v) is 12.0. The molecule has 1 aromatic rings. The molecule has 3 rings (SSSR count). The summed E-state index contributed by atoms with van der Waals surface area (Å²) in [6.07, 6.45) is 8.98. The first kappa shape index (κ1) is 23.0. The van der Waals surface area contributed by atoms with E-state index in [1.807, 2.05) is 22.9 Å². The normalized spacial score (nSPS) is 19.0. The topological polar surface area (TPSA) is 66.5 Å². The van der Waals surface area contributed by atoms with E-state index in [1.54, 1.807) is 18.2 Å². The van der Waals surface area contributed by atoms with Gasteiger partial charge in [0.15, 0.2) is 0 Å². The van der Waals surface area contributed by atoms with Gasteiger partial charge >= 0.3 is 0 Å². The minimum Gasteiger partial charge on any atom is -0.339 e. The molecular formula is C21H32N2O3S3. The number of benzene rings is 1. The molecule has 1 aromatic carbocycles. The molecule has 1 saturated heterocycles. The van der Waals surface area contributed by atoms with Gasteiger partial charge in [-0.3, -0.25) is 4.79 Å². The quantitative estimate of drug-likeness (QED) is 0.468. The van der Waals surface area contributed by atoms with Crippen LogP contribution in [0.1, 0.15) is 55.8 Å². The molecule has 1 aliphatic carbocycles. The first-order chi connectivity index (χ1) is 13.9. The van der Waals surface area contributed by atoms with E-state index in [0.29, 0.717) is 23.3 Å². The molecular weight excluding hydrogens is 424 g/mol. The van der Waals surface area contributed by atoms with Crippen LogP contribution >= 0.6 is 23.5 Å². The average molecular weight is 457 g/mol. The predicted molar refractivity (Wildman–Crippen MR) is 122 cm³/mol. The van der Waals surface area contributed by atoms with Crippen molar-refractivity contribution >= 4 is 39.5 Å². The maximum atomic E-state index is 13.1. The maximum Gasteiger partial charge on any atom is 0.255 e. The Morgan fingerprint density at radius 2 is 1.86 bits per heavy atom. The van der Waals surface area contributed by atoms with Gasteiger partial charge in [0.2, 0.25) is 10.0 Å². The summed E-state index contributed by atoms with van der Waals surface area (Å²) in [5.41, 5.74) is 0.496. The fourth-order valence-electron chi connectivity index (χ4n) is 3.94. The van der Waals surface area contributed by atoms with E-state index in [2.05, 4.69) is 11.6 Å². The lowest BCUT2D eigenvalue weighted by atomic mass is 9.98. The van der Waals surface area contributed by atoms with Crippen molar-refractivity contribution in [3.05, 3.63) is 23.8 Å². The van der Waals surface area contributed by atoms with Crippen LogP contribution in [0, 0.1) is 5.92 Å². The van der Waals surface area contributed by atoms with E-state index >= 15 is 0 Å². The molecule has 2 fully saturated rings. The van der Waals surface area contributed by atoms with E-state index in [4.69, 9.17) is 0 Å². The van der Waals surface area contributed by atoms with Gasteiger partial charge in [0.25, 0.3) is 5.91 Å². The molecule has 0 aromatic heterocycles. The standard InChI is InChI=1S/C21H32N2O3S3/c1-16-9-12-23(13-10-16)21(24)19-15-18(7-8-20(19)27-2)29(25,26)22-11-14-28-17-5-3-4-6-17/h7-8,15-17,22H,3-6,9-14H2,1-2H3. The van der Waals surface area contributed by atoms with Crippen LogP contribution in [0.25, 0.3) is 0 Å². The Morgan fingerprint density at radius 1 is 1.17 bits per heavy atom. The monoisotopic (exact) mass is 456 g/mol. The first-order valence-corrected chi connectivity index (χ1v) is 14.2. The van der Waals surface area contributed by atoms with Crippen molar-refractivity contribution in [2.24, 2.45) is 5.92 Å². The van der Waals surface area contributed by atoms with Crippen LogP contribution in [0.3, 0.4) is 0 Å². The third-order valence-corrected chi connectivity index (χ3v) is 9.47. The van der Waals surface area contributed by atoms with Gasteiger partial charge in [-0.1, -0.05) is 19.8 Å². The molecule has 0 radical (unpaired) electrons. The Bertz CT molecular complexity index is 799. The van der Waals surface area contributed by atoms with E-state index in [1.165, 1.54) is 37.4 Å². The number of hydrogen-bond acceptors (Lipinski definition) is 5. The number of carbonyl (C=O) groups excluding carboxylic acids is 1. The zero-order valence-electron chi connectivity index (χ0n) is 17.4. The summed E-state index contributed by atoms with van der Waals surface area (Å²) in [5.74, 6) is 1.36. The minimum atomic E-state index is -3.62. The molecule has 0 spiro atoms. The van der Waals surface area contributed by atoms with Crippen molar-refractivity contribution in [1.82, 2.24) is 9.62 Å². The average Bonchev–Trinajstić information content (AvgIpc) is 3.24. The number of thioether (sulfide) groups is 2. The molecule has 1 heterocycles. The molecule has 162 valence electrons. The summed E-state index contributed by atoms with van der Waals surface area (Å²) >= 11 is 3.34. The minimum absolute atomic E-state index is 0.0601. The summed E-state index contributed by atoms with van der Waals surface area (Å²) in [6.45, 7) is 4.10. The summed E-state index contributed by atoms with van der Waals surface area (Å²) in [7, 11) is -3.62. The lowest BCUT2D eigenvalue weighted by Gasteiger charge is -2.30. The Kier molecular flexibility index (Phi) is 8.36. The van der Waals surface area contributed by atoms with Gasteiger partial charge < -0.3 is 4.90 Å². The zero-order valence-corrected chi connectivity index (χ0v) is 19.8. The second kappa shape index (κ2) is 10.6. The lowest BCUT2D eigenvalue weighted by molar-refractivity contribution is 0.0693. The third kappa shape index (κ3) is 6.15. The van der Waals surface area contributed by atoms with Crippen LogP contribution in [0.15, 0.2) is 28.0 Å². The lowest BCUT2D eigenvalue weighted by Crippen LogP contribution is -2.38. The summed E-state index contributed by atoms with van der Waals surface area (Å²) < 4.78 is 28.2. The van der Waals surface area contributed by atoms with Crippen LogP contribution in [-0.2, 0) is 10.0 Å². The van der Waals surface area contributed by atoms with Gasteiger partial charge in [0.1, 0.15) is 0 Å². The van der Waals surface area contributed by atoms with Gasteiger partial charge in [-0.15, -0.1) is 11.8 Å². The van der Waals surface area contributed by atoms with Crippen LogP contribution in [-0.4, -0.2) is 56.1 Å². The maximum absolute atomic E-state index is 13.1. The molecule has 0 atom stereocenters. The van der Waals surface area contributed by atoms with Gasteiger partial charge in [0.05, 0.1) is 10.5 Å². The molecule has 2 aliphatic rings. The molecule has 1 saturated carbocycles. The van der Waals surface area contributed by atoms with Crippen molar-refractivity contribution in [2.75, 3.05) is 31.6 Å². The van der Waals surface area contributed by atoms with Crippen LogP contribution in [0.2, 0.25) is 0 Å². The number of nitrogens with zero attached hydrogens (tertiary/aromatic N) is 1. The molecule has 5 nitrogen and oxygen atoms in total. The third-order valence-electron chi connectivity index (χ3n) is 5.83. The van der Waals surface area contributed by atoms with E-state index < -0.39 is 10.0 Å². The number of amides is 1. The van der Waals surface area contributed by atoms with E-state index in [0.717, 1.165) is 36.6 Å². The molecule has 1 N–H and O–H groups in total.